The first-order valence-corrected chi connectivity index (χ1v) is 5.96. The Kier molecular flexibility index (Phi) is 3.11. The maximum atomic E-state index is 4.61. The van der Waals surface area contributed by atoms with Crippen LogP contribution in [0.5, 0.6) is 0 Å². The second-order valence-electron chi connectivity index (χ2n) is 3.29. The predicted molar refractivity (Wildman–Crippen MR) is 60.1 cm³/mol. The Bertz CT molecular complexity index is 419. The maximum Gasteiger partial charge on any atom is 0.137 e. The lowest BCUT2D eigenvalue weighted by Crippen LogP contribution is -1.95. The zero-order chi connectivity index (χ0) is 10.7. The van der Waals surface area contributed by atoms with Crippen LogP contribution in [0.25, 0.3) is 0 Å². The van der Waals surface area contributed by atoms with E-state index in [4.69, 9.17) is 0 Å². The van der Waals surface area contributed by atoms with E-state index in [9.17, 15) is 0 Å². The largest absolute Gasteiger partial charge is 0.263 e. The van der Waals surface area contributed by atoms with Gasteiger partial charge in [-0.2, -0.15) is 5.10 Å². The molecule has 0 saturated carbocycles. The van der Waals surface area contributed by atoms with Crippen molar-refractivity contribution in [2.24, 2.45) is 0 Å². The maximum absolute atomic E-state index is 4.61. The van der Waals surface area contributed by atoms with E-state index < -0.39 is 0 Å². The molecule has 0 atom stereocenters. The van der Waals surface area contributed by atoms with Crippen LogP contribution < -0.4 is 0 Å². The van der Waals surface area contributed by atoms with Crippen LogP contribution in [0, 0.1) is 0 Å². The van der Waals surface area contributed by atoms with Crippen LogP contribution in [0.3, 0.4) is 0 Å². The van der Waals surface area contributed by atoms with Gasteiger partial charge in [0.2, 0.25) is 0 Å². The number of aromatic nitrogens is 4. The number of hydrogen-bond acceptors (Lipinski definition) is 4. The summed E-state index contributed by atoms with van der Waals surface area (Å²) >= 11 is 1.81. The molecular formula is C10H14N4S. The van der Waals surface area contributed by atoms with E-state index in [-0.39, 0.29) is 0 Å². The number of nitrogens with one attached hydrogen (secondary N) is 1. The van der Waals surface area contributed by atoms with Crippen LogP contribution in [-0.4, -0.2) is 20.2 Å². The SMILES string of the molecule is CCc1nc(Cc2ncn[nH]2)c(CC)s1. The Morgan fingerprint density at radius 2 is 2.20 bits per heavy atom. The number of hydrogen-bond donors (Lipinski definition) is 1. The van der Waals surface area contributed by atoms with Gasteiger partial charge < -0.3 is 0 Å². The van der Waals surface area contributed by atoms with Gasteiger partial charge in [0.25, 0.3) is 0 Å². The summed E-state index contributed by atoms with van der Waals surface area (Å²) in [6.07, 6.45) is 4.35. The summed E-state index contributed by atoms with van der Waals surface area (Å²) in [7, 11) is 0. The Hall–Kier alpha value is -1.23. The average molecular weight is 222 g/mol. The van der Waals surface area contributed by atoms with Crippen molar-refractivity contribution in [3.63, 3.8) is 0 Å². The minimum Gasteiger partial charge on any atom is -0.263 e. The fourth-order valence-corrected chi connectivity index (χ4v) is 2.44. The highest BCUT2D eigenvalue weighted by atomic mass is 32.1. The van der Waals surface area contributed by atoms with Crippen LogP contribution in [0.1, 0.15) is 35.3 Å². The van der Waals surface area contributed by atoms with Crippen molar-refractivity contribution in [2.45, 2.75) is 33.1 Å². The van der Waals surface area contributed by atoms with E-state index >= 15 is 0 Å². The van der Waals surface area contributed by atoms with E-state index in [1.54, 1.807) is 0 Å². The molecule has 4 nitrogen and oxygen atoms in total. The van der Waals surface area contributed by atoms with E-state index in [0.717, 1.165) is 30.8 Å². The summed E-state index contributed by atoms with van der Waals surface area (Å²) in [5.74, 6) is 0.887. The van der Waals surface area contributed by atoms with Crippen LogP contribution in [0.2, 0.25) is 0 Å². The van der Waals surface area contributed by atoms with E-state index in [1.807, 2.05) is 11.3 Å². The molecular weight excluding hydrogens is 208 g/mol. The van der Waals surface area contributed by atoms with Gasteiger partial charge in [0.15, 0.2) is 0 Å². The van der Waals surface area contributed by atoms with Gasteiger partial charge in [-0.3, -0.25) is 5.10 Å². The fraction of sp³-hybridized carbons (Fsp3) is 0.500. The van der Waals surface area contributed by atoms with Crippen LogP contribution in [-0.2, 0) is 19.3 Å². The van der Waals surface area contributed by atoms with Gasteiger partial charge in [-0.25, -0.2) is 9.97 Å². The lowest BCUT2D eigenvalue weighted by Gasteiger charge is -1.95. The molecule has 0 spiro atoms. The topological polar surface area (TPSA) is 54.5 Å². The van der Waals surface area contributed by atoms with Crippen LogP contribution >= 0.6 is 11.3 Å². The van der Waals surface area contributed by atoms with E-state index in [1.165, 1.54) is 16.2 Å². The highest BCUT2D eigenvalue weighted by Crippen LogP contribution is 2.21. The zero-order valence-electron chi connectivity index (χ0n) is 8.95. The van der Waals surface area contributed by atoms with Crippen molar-refractivity contribution >= 4 is 11.3 Å². The van der Waals surface area contributed by atoms with Gasteiger partial charge in [-0.05, 0) is 12.8 Å². The Balaban J connectivity index is 2.23. The van der Waals surface area contributed by atoms with Crippen molar-refractivity contribution in [1.82, 2.24) is 20.2 Å². The summed E-state index contributed by atoms with van der Waals surface area (Å²) < 4.78 is 0. The molecule has 5 heteroatoms. The molecule has 1 N–H and O–H groups in total. The molecule has 0 aromatic carbocycles. The van der Waals surface area contributed by atoms with Gasteiger partial charge >= 0.3 is 0 Å². The quantitative estimate of drug-likeness (QED) is 0.860. The summed E-state index contributed by atoms with van der Waals surface area (Å²) in [4.78, 5) is 10.1. The predicted octanol–water partition coefficient (Wildman–Crippen LogP) is 1.98. The third kappa shape index (κ3) is 2.23. The molecule has 2 aromatic heterocycles. The summed E-state index contributed by atoms with van der Waals surface area (Å²) in [6, 6.07) is 0. The smallest absolute Gasteiger partial charge is 0.137 e. The number of H-pyrrole nitrogens is 1. The van der Waals surface area contributed by atoms with Crippen molar-refractivity contribution in [2.75, 3.05) is 0 Å². The molecule has 15 heavy (non-hydrogen) atoms. The first-order chi connectivity index (χ1) is 7.33. The second kappa shape index (κ2) is 4.53. The summed E-state index contributed by atoms with van der Waals surface area (Å²) in [5.41, 5.74) is 1.15. The molecule has 2 aromatic rings. The second-order valence-corrected chi connectivity index (χ2v) is 4.46. The normalized spacial score (nSPS) is 10.8. The van der Waals surface area contributed by atoms with Crippen molar-refractivity contribution < 1.29 is 0 Å². The lowest BCUT2D eigenvalue weighted by atomic mass is 10.2. The molecule has 80 valence electrons. The van der Waals surface area contributed by atoms with Crippen molar-refractivity contribution in [3.8, 4) is 0 Å². The number of aromatic amines is 1. The third-order valence-electron chi connectivity index (χ3n) is 2.25. The number of nitrogens with zero attached hydrogens (tertiary/aromatic N) is 3. The molecule has 0 bridgehead atoms. The van der Waals surface area contributed by atoms with E-state index in [0.29, 0.717) is 0 Å². The molecule has 0 aliphatic rings. The molecule has 0 aliphatic carbocycles. The summed E-state index contributed by atoms with van der Waals surface area (Å²) in [5, 5.41) is 7.92. The lowest BCUT2D eigenvalue weighted by molar-refractivity contribution is 0.920. The minimum absolute atomic E-state index is 0.764. The summed E-state index contributed by atoms with van der Waals surface area (Å²) in [6.45, 7) is 4.30. The molecule has 0 fully saturated rings. The monoisotopic (exact) mass is 222 g/mol. The fourth-order valence-electron chi connectivity index (χ4n) is 1.48. The Morgan fingerprint density at radius 3 is 2.80 bits per heavy atom. The Morgan fingerprint density at radius 1 is 1.33 bits per heavy atom. The van der Waals surface area contributed by atoms with Crippen LogP contribution in [0.4, 0.5) is 0 Å². The first kappa shape index (κ1) is 10.3. The van der Waals surface area contributed by atoms with Gasteiger partial charge in [-0.1, -0.05) is 13.8 Å². The number of rotatable bonds is 4. The van der Waals surface area contributed by atoms with Crippen molar-refractivity contribution in [3.05, 3.63) is 27.7 Å². The molecule has 0 amide bonds. The number of thiazole rings is 1. The molecule has 0 saturated heterocycles. The molecule has 0 unspecified atom stereocenters. The highest BCUT2D eigenvalue weighted by Gasteiger charge is 2.10. The molecule has 0 radical (unpaired) electrons. The average Bonchev–Trinajstić information content (AvgIpc) is 2.87. The van der Waals surface area contributed by atoms with Gasteiger partial charge in [0.1, 0.15) is 12.2 Å². The van der Waals surface area contributed by atoms with Gasteiger partial charge in [0, 0.05) is 4.88 Å². The van der Waals surface area contributed by atoms with Gasteiger partial charge in [-0.15, -0.1) is 11.3 Å². The zero-order valence-corrected chi connectivity index (χ0v) is 9.77. The molecule has 0 aliphatic heterocycles. The number of aryl methyl sites for hydroxylation is 2. The highest BCUT2D eigenvalue weighted by molar-refractivity contribution is 7.11. The van der Waals surface area contributed by atoms with Crippen molar-refractivity contribution in [1.29, 1.82) is 0 Å². The third-order valence-corrected chi connectivity index (χ3v) is 3.63. The minimum atomic E-state index is 0.764. The first-order valence-electron chi connectivity index (χ1n) is 5.15. The Labute approximate surface area is 92.8 Å². The van der Waals surface area contributed by atoms with E-state index in [2.05, 4.69) is 34.0 Å². The van der Waals surface area contributed by atoms with Gasteiger partial charge in [0.05, 0.1) is 17.1 Å². The standard InChI is InChI=1S/C10H14N4S/c1-3-8-7(13-10(4-2)15-8)5-9-11-6-12-14-9/h6H,3-5H2,1-2H3,(H,11,12,14). The molecule has 2 rings (SSSR count). The van der Waals surface area contributed by atoms with Crippen LogP contribution in [0.15, 0.2) is 6.33 Å². The molecule has 2 heterocycles.